The highest BCUT2D eigenvalue weighted by Crippen LogP contribution is 2.33. The largest absolute Gasteiger partial charge is 0.484 e. The highest BCUT2D eigenvalue weighted by atomic mass is 19.4. The van der Waals surface area contributed by atoms with Crippen molar-refractivity contribution < 1.29 is 27.5 Å². The monoisotopic (exact) mass is 518 g/mol. The number of carbonyl (C=O) groups excluding carboxylic acids is 2. The maximum absolute atomic E-state index is 13.2. The number of aryl methyl sites for hydroxylation is 2. The van der Waals surface area contributed by atoms with Crippen molar-refractivity contribution in [3.05, 3.63) is 46.8 Å². The van der Waals surface area contributed by atoms with Gasteiger partial charge in [-0.3, -0.25) is 14.3 Å². The third-order valence-corrected chi connectivity index (χ3v) is 7.57. The fourth-order valence-corrected chi connectivity index (χ4v) is 5.03. The molecule has 10 heteroatoms. The Kier molecular flexibility index (Phi) is 7.44. The molecule has 1 aliphatic heterocycles. The number of hydrogen-bond donors (Lipinski definition) is 2. The second-order valence-corrected chi connectivity index (χ2v) is 10.5. The molecule has 5 rings (SSSR count). The molecule has 2 saturated carbocycles. The molecule has 0 spiro atoms. The molecule has 1 atom stereocenters. The van der Waals surface area contributed by atoms with Gasteiger partial charge in [-0.25, -0.2) is 0 Å². The fourth-order valence-electron chi connectivity index (χ4n) is 5.03. The van der Waals surface area contributed by atoms with Crippen LogP contribution in [0.2, 0.25) is 0 Å². The van der Waals surface area contributed by atoms with Crippen molar-refractivity contribution >= 4 is 11.8 Å². The van der Waals surface area contributed by atoms with Gasteiger partial charge >= 0.3 is 6.18 Å². The van der Waals surface area contributed by atoms with E-state index in [1.807, 2.05) is 10.7 Å². The molecule has 1 aromatic heterocycles. The van der Waals surface area contributed by atoms with Crippen molar-refractivity contribution in [2.75, 3.05) is 6.61 Å². The van der Waals surface area contributed by atoms with Gasteiger partial charge in [0, 0.05) is 24.9 Å². The molecule has 2 heterocycles. The zero-order valence-corrected chi connectivity index (χ0v) is 20.8. The molecule has 0 bridgehead atoms. The first-order chi connectivity index (χ1) is 17.7. The summed E-state index contributed by atoms with van der Waals surface area (Å²) in [7, 11) is 0. The number of alkyl halides is 3. The summed E-state index contributed by atoms with van der Waals surface area (Å²) in [5.41, 5.74) is 2.94. The minimum atomic E-state index is -4.39. The van der Waals surface area contributed by atoms with Crippen LogP contribution in [0.4, 0.5) is 13.2 Å². The second kappa shape index (κ2) is 10.8. The van der Waals surface area contributed by atoms with E-state index in [1.54, 1.807) is 12.1 Å². The Bertz CT molecular complexity index is 1140. The van der Waals surface area contributed by atoms with Gasteiger partial charge in [0.1, 0.15) is 5.75 Å². The SMILES string of the molecule is O=C1N[C@@H](CCc2cccc(OCC(F)(F)F)c2)Cc2nn(CCC3CC3)c(CNC(=O)C3CCC3)c21. The number of hydrogen-bond acceptors (Lipinski definition) is 4. The second-order valence-electron chi connectivity index (χ2n) is 10.5. The minimum absolute atomic E-state index is 0.0467. The van der Waals surface area contributed by atoms with Crippen molar-refractivity contribution in [3.8, 4) is 5.75 Å². The third kappa shape index (κ3) is 6.64. The van der Waals surface area contributed by atoms with Gasteiger partial charge in [0.15, 0.2) is 6.61 Å². The van der Waals surface area contributed by atoms with E-state index in [4.69, 9.17) is 9.84 Å². The van der Waals surface area contributed by atoms with Crippen LogP contribution in [0.3, 0.4) is 0 Å². The van der Waals surface area contributed by atoms with Gasteiger partial charge in [0.25, 0.3) is 5.91 Å². The van der Waals surface area contributed by atoms with Gasteiger partial charge in [-0.15, -0.1) is 0 Å². The molecule has 7 nitrogen and oxygen atoms in total. The molecule has 1 aromatic carbocycles. The summed E-state index contributed by atoms with van der Waals surface area (Å²) in [5, 5.41) is 10.9. The predicted molar refractivity (Wildman–Crippen MR) is 130 cm³/mol. The first kappa shape index (κ1) is 25.6. The van der Waals surface area contributed by atoms with E-state index in [-0.39, 0.29) is 29.5 Å². The topological polar surface area (TPSA) is 85.2 Å². The molecule has 2 N–H and O–H groups in total. The Labute approximate surface area is 214 Å². The number of aromatic nitrogens is 2. The molecule has 3 aliphatic rings. The summed E-state index contributed by atoms with van der Waals surface area (Å²) in [5.74, 6) is 0.836. The van der Waals surface area contributed by atoms with Crippen LogP contribution in [0.15, 0.2) is 24.3 Å². The predicted octanol–water partition coefficient (Wildman–Crippen LogP) is 4.33. The van der Waals surface area contributed by atoms with Gasteiger partial charge in [-0.1, -0.05) is 31.4 Å². The van der Waals surface area contributed by atoms with E-state index >= 15 is 0 Å². The smallest absolute Gasteiger partial charge is 0.422 e. The Balaban J connectivity index is 1.23. The highest BCUT2D eigenvalue weighted by molar-refractivity contribution is 5.98. The minimum Gasteiger partial charge on any atom is -0.484 e. The molecule has 200 valence electrons. The van der Waals surface area contributed by atoms with Crippen LogP contribution in [0.25, 0.3) is 0 Å². The number of fused-ring (bicyclic) bond motifs is 1. The van der Waals surface area contributed by atoms with Gasteiger partial charge in [-0.2, -0.15) is 18.3 Å². The van der Waals surface area contributed by atoms with Crippen LogP contribution < -0.4 is 15.4 Å². The number of benzene rings is 1. The summed E-state index contributed by atoms with van der Waals surface area (Å²) < 4.78 is 44.1. The van der Waals surface area contributed by atoms with Gasteiger partial charge in [0.2, 0.25) is 5.91 Å². The quantitative estimate of drug-likeness (QED) is 0.464. The summed E-state index contributed by atoms with van der Waals surface area (Å²) in [6.07, 6.45) is 3.80. The highest BCUT2D eigenvalue weighted by Gasteiger charge is 2.33. The molecular formula is C27H33F3N4O3. The molecule has 2 fully saturated rings. The number of ether oxygens (including phenoxy) is 1. The lowest BCUT2D eigenvalue weighted by molar-refractivity contribution is -0.153. The van der Waals surface area contributed by atoms with Gasteiger partial charge in [-0.05, 0) is 55.7 Å². The molecule has 0 radical (unpaired) electrons. The molecular weight excluding hydrogens is 485 g/mol. The van der Waals surface area contributed by atoms with Crippen LogP contribution >= 0.6 is 0 Å². The number of nitrogens with zero attached hydrogens (tertiary/aromatic N) is 2. The summed E-state index contributed by atoms with van der Waals surface area (Å²) >= 11 is 0. The van der Waals surface area contributed by atoms with Gasteiger partial charge in [0.05, 0.1) is 23.5 Å². The molecule has 0 unspecified atom stereocenters. The zero-order chi connectivity index (χ0) is 26.0. The van der Waals surface area contributed by atoms with E-state index < -0.39 is 12.8 Å². The lowest BCUT2D eigenvalue weighted by Crippen LogP contribution is -2.42. The number of rotatable bonds is 11. The number of nitrogens with one attached hydrogen (secondary N) is 2. The van der Waals surface area contributed by atoms with Crippen LogP contribution in [0, 0.1) is 11.8 Å². The van der Waals surface area contributed by atoms with Crippen LogP contribution in [-0.4, -0.2) is 40.4 Å². The first-order valence-corrected chi connectivity index (χ1v) is 13.2. The van der Waals surface area contributed by atoms with Gasteiger partial charge < -0.3 is 15.4 Å². The average molecular weight is 519 g/mol. The van der Waals surface area contributed by atoms with Crippen LogP contribution in [0.1, 0.15) is 72.3 Å². The van der Waals surface area contributed by atoms with Crippen LogP contribution in [-0.2, 0) is 30.7 Å². The lowest BCUT2D eigenvalue weighted by atomic mass is 9.85. The summed E-state index contributed by atoms with van der Waals surface area (Å²) in [4.78, 5) is 25.6. The molecule has 37 heavy (non-hydrogen) atoms. The summed E-state index contributed by atoms with van der Waals surface area (Å²) in [6.45, 7) is -0.301. The van der Waals surface area contributed by atoms with Crippen molar-refractivity contribution in [3.63, 3.8) is 0 Å². The van der Waals surface area contributed by atoms with E-state index in [2.05, 4.69) is 10.6 Å². The van der Waals surface area contributed by atoms with E-state index in [0.717, 1.165) is 55.1 Å². The third-order valence-electron chi connectivity index (χ3n) is 7.57. The molecule has 0 saturated heterocycles. The normalized spacial score (nSPS) is 19.6. The molecule has 2 amide bonds. The van der Waals surface area contributed by atoms with Crippen molar-refractivity contribution in [2.45, 2.75) is 83.1 Å². The summed E-state index contributed by atoms with van der Waals surface area (Å²) in [6, 6.07) is 6.49. The Morgan fingerprint density at radius 2 is 2.00 bits per heavy atom. The maximum Gasteiger partial charge on any atom is 0.422 e. The van der Waals surface area contributed by atoms with Crippen molar-refractivity contribution in [1.29, 1.82) is 0 Å². The van der Waals surface area contributed by atoms with Crippen molar-refractivity contribution in [1.82, 2.24) is 20.4 Å². The lowest BCUT2D eigenvalue weighted by Gasteiger charge is -2.25. The van der Waals surface area contributed by atoms with Crippen molar-refractivity contribution in [2.24, 2.45) is 11.8 Å². The zero-order valence-electron chi connectivity index (χ0n) is 20.8. The Hall–Kier alpha value is -3.04. The molecule has 2 aromatic rings. The number of carbonyl (C=O) groups is 2. The van der Waals surface area contributed by atoms with E-state index in [1.165, 1.54) is 18.9 Å². The van der Waals surface area contributed by atoms with Crippen LogP contribution in [0.5, 0.6) is 5.75 Å². The standard InChI is InChI=1S/C27H33F3N4O3/c28-27(29,30)16-37-21-6-1-3-18(13-21)9-10-20-14-22-24(26(36)32-20)23(15-31-25(35)19-4-2-5-19)34(33-22)12-11-17-7-8-17/h1,3,6,13,17,19-20H,2,4-5,7-12,14-16H2,(H,31,35)(H,32,36)/t20-/m0/s1. The Morgan fingerprint density at radius 1 is 1.19 bits per heavy atom. The number of halogens is 3. The Morgan fingerprint density at radius 3 is 2.70 bits per heavy atom. The fraction of sp³-hybridized carbons (Fsp3) is 0.593. The molecule has 2 aliphatic carbocycles. The van der Waals surface area contributed by atoms with E-state index in [0.29, 0.717) is 31.4 Å². The average Bonchev–Trinajstić information content (AvgIpc) is 3.57. The maximum atomic E-state index is 13.2. The number of amides is 2. The van der Waals surface area contributed by atoms with E-state index in [9.17, 15) is 22.8 Å². The first-order valence-electron chi connectivity index (χ1n) is 13.2.